The van der Waals surface area contributed by atoms with Gasteiger partial charge in [0.05, 0.1) is 23.2 Å². The SMILES string of the molecule is O=S(=O)(Nc1cccc(-c2cnc[nH]2)c1)c1ccccc1Cl. The van der Waals surface area contributed by atoms with Crippen LogP contribution in [0.3, 0.4) is 0 Å². The maximum absolute atomic E-state index is 12.4. The summed E-state index contributed by atoms with van der Waals surface area (Å²) in [5, 5.41) is 0.180. The van der Waals surface area contributed by atoms with Crippen LogP contribution in [0.1, 0.15) is 0 Å². The lowest BCUT2D eigenvalue weighted by Gasteiger charge is -2.10. The van der Waals surface area contributed by atoms with E-state index in [2.05, 4.69) is 14.7 Å². The molecule has 0 fully saturated rings. The van der Waals surface area contributed by atoms with E-state index in [4.69, 9.17) is 11.6 Å². The van der Waals surface area contributed by atoms with Crippen LogP contribution < -0.4 is 4.72 Å². The molecule has 0 saturated heterocycles. The molecule has 1 aromatic heterocycles. The van der Waals surface area contributed by atoms with Gasteiger partial charge in [0.2, 0.25) is 0 Å². The minimum Gasteiger partial charge on any atom is -0.345 e. The number of hydrogen-bond donors (Lipinski definition) is 2. The van der Waals surface area contributed by atoms with Crippen molar-refractivity contribution in [1.82, 2.24) is 9.97 Å². The van der Waals surface area contributed by atoms with E-state index < -0.39 is 10.0 Å². The van der Waals surface area contributed by atoms with Crippen molar-refractivity contribution in [2.45, 2.75) is 4.90 Å². The predicted molar refractivity (Wildman–Crippen MR) is 86.3 cm³/mol. The highest BCUT2D eigenvalue weighted by atomic mass is 35.5. The van der Waals surface area contributed by atoms with Gasteiger partial charge >= 0.3 is 0 Å². The summed E-state index contributed by atoms with van der Waals surface area (Å²) in [6.07, 6.45) is 3.23. The Bertz CT molecular complexity index is 893. The standard InChI is InChI=1S/C15H12ClN3O2S/c16-13-6-1-2-7-15(13)22(20,21)19-12-5-3-4-11(8-12)14-9-17-10-18-14/h1-10,19H,(H,17,18). The Morgan fingerprint density at radius 1 is 1.09 bits per heavy atom. The van der Waals surface area contributed by atoms with Gasteiger partial charge < -0.3 is 4.98 Å². The van der Waals surface area contributed by atoms with E-state index in [1.807, 2.05) is 6.07 Å². The number of H-pyrrole nitrogens is 1. The Morgan fingerprint density at radius 3 is 2.64 bits per heavy atom. The van der Waals surface area contributed by atoms with Crippen LogP contribution in [0, 0.1) is 0 Å². The molecule has 2 aromatic carbocycles. The molecule has 0 saturated carbocycles. The molecule has 0 bridgehead atoms. The molecule has 112 valence electrons. The van der Waals surface area contributed by atoms with Crippen molar-refractivity contribution in [2.24, 2.45) is 0 Å². The molecule has 7 heteroatoms. The summed E-state index contributed by atoms with van der Waals surface area (Å²) < 4.78 is 27.3. The zero-order chi connectivity index (χ0) is 15.6. The molecule has 5 nitrogen and oxygen atoms in total. The van der Waals surface area contributed by atoms with Gasteiger partial charge in [0.1, 0.15) is 4.90 Å². The molecule has 3 rings (SSSR count). The smallest absolute Gasteiger partial charge is 0.263 e. The van der Waals surface area contributed by atoms with Gasteiger partial charge in [0, 0.05) is 11.3 Å². The number of aromatic nitrogens is 2. The molecule has 22 heavy (non-hydrogen) atoms. The van der Waals surface area contributed by atoms with Gasteiger partial charge in [-0.1, -0.05) is 35.9 Å². The number of aromatic amines is 1. The quantitative estimate of drug-likeness (QED) is 0.767. The Balaban J connectivity index is 1.93. The number of rotatable bonds is 4. The second kappa shape index (κ2) is 5.82. The largest absolute Gasteiger partial charge is 0.345 e. The first-order chi connectivity index (χ1) is 10.6. The van der Waals surface area contributed by atoms with Gasteiger partial charge in [-0.2, -0.15) is 0 Å². The fourth-order valence-corrected chi connectivity index (χ4v) is 3.61. The minimum absolute atomic E-state index is 0.0450. The van der Waals surface area contributed by atoms with E-state index in [-0.39, 0.29) is 9.92 Å². The predicted octanol–water partition coefficient (Wildman–Crippen LogP) is 3.53. The average Bonchev–Trinajstić information content (AvgIpc) is 3.01. The van der Waals surface area contributed by atoms with Crippen molar-refractivity contribution < 1.29 is 8.42 Å². The lowest BCUT2D eigenvalue weighted by molar-refractivity contribution is 0.601. The van der Waals surface area contributed by atoms with Gasteiger partial charge in [-0.25, -0.2) is 13.4 Å². The Kier molecular flexibility index (Phi) is 3.87. The van der Waals surface area contributed by atoms with Crippen LogP contribution in [-0.4, -0.2) is 18.4 Å². The molecule has 0 aliphatic rings. The first kappa shape index (κ1) is 14.6. The lowest BCUT2D eigenvalue weighted by Crippen LogP contribution is -2.13. The number of halogens is 1. The number of sulfonamides is 1. The van der Waals surface area contributed by atoms with E-state index in [0.717, 1.165) is 11.3 Å². The molecule has 0 amide bonds. The van der Waals surface area contributed by atoms with Gasteiger partial charge in [-0.05, 0) is 24.3 Å². The van der Waals surface area contributed by atoms with Crippen LogP contribution in [-0.2, 0) is 10.0 Å². The normalized spacial score (nSPS) is 11.3. The summed E-state index contributed by atoms with van der Waals surface area (Å²) in [4.78, 5) is 6.97. The molecule has 0 aliphatic heterocycles. The van der Waals surface area contributed by atoms with Crippen molar-refractivity contribution >= 4 is 27.3 Å². The van der Waals surface area contributed by atoms with Gasteiger partial charge in [-0.3, -0.25) is 4.72 Å². The van der Waals surface area contributed by atoms with Crippen LogP contribution >= 0.6 is 11.6 Å². The molecule has 0 radical (unpaired) electrons. The van der Waals surface area contributed by atoms with E-state index >= 15 is 0 Å². The third-order valence-electron chi connectivity index (χ3n) is 3.05. The van der Waals surface area contributed by atoms with Gasteiger partial charge in [0.15, 0.2) is 0 Å². The third kappa shape index (κ3) is 2.98. The average molecular weight is 334 g/mol. The number of anilines is 1. The minimum atomic E-state index is -3.74. The number of imidazole rings is 1. The summed E-state index contributed by atoms with van der Waals surface area (Å²) in [7, 11) is -3.74. The van der Waals surface area contributed by atoms with Crippen LogP contribution in [0.15, 0.2) is 66.0 Å². The molecule has 0 unspecified atom stereocenters. The first-order valence-corrected chi connectivity index (χ1v) is 8.28. The van der Waals surface area contributed by atoms with Crippen LogP contribution in [0.5, 0.6) is 0 Å². The maximum Gasteiger partial charge on any atom is 0.263 e. The molecule has 3 aromatic rings. The Labute approximate surface area is 133 Å². The monoisotopic (exact) mass is 333 g/mol. The fraction of sp³-hybridized carbons (Fsp3) is 0. The van der Waals surface area contributed by atoms with Crippen molar-refractivity contribution in [1.29, 1.82) is 0 Å². The number of nitrogens with one attached hydrogen (secondary N) is 2. The van der Waals surface area contributed by atoms with Crippen LogP contribution in [0.2, 0.25) is 5.02 Å². The zero-order valence-electron chi connectivity index (χ0n) is 11.3. The molecule has 1 heterocycles. The highest BCUT2D eigenvalue weighted by Crippen LogP contribution is 2.25. The summed E-state index contributed by atoms with van der Waals surface area (Å²) in [6.45, 7) is 0. The van der Waals surface area contributed by atoms with E-state index in [1.54, 1.807) is 42.9 Å². The Hall–Kier alpha value is -2.31. The zero-order valence-corrected chi connectivity index (χ0v) is 12.9. The summed E-state index contributed by atoms with van der Waals surface area (Å²) in [6, 6.07) is 13.3. The molecule has 0 aliphatic carbocycles. The summed E-state index contributed by atoms with van der Waals surface area (Å²) in [5.41, 5.74) is 2.09. The van der Waals surface area contributed by atoms with Crippen molar-refractivity contribution in [2.75, 3.05) is 4.72 Å². The van der Waals surface area contributed by atoms with Crippen molar-refractivity contribution in [3.63, 3.8) is 0 Å². The van der Waals surface area contributed by atoms with E-state index in [9.17, 15) is 8.42 Å². The van der Waals surface area contributed by atoms with Crippen LogP contribution in [0.25, 0.3) is 11.3 Å². The number of benzene rings is 2. The second-order valence-electron chi connectivity index (χ2n) is 4.58. The highest BCUT2D eigenvalue weighted by Gasteiger charge is 2.17. The Morgan fingerprint density at radius 2 is 1.91 bits per heavy atom. The summed E-state index contributed by atoms with van der Waals surface area (Å²) >= 11 is 5.96. The number of nitrogens with zero attached hydrogens (tertiary/aromatic N) is 1. The van der Waals surface area contributed by atoms with E-state index in [0.29, 0.717) is 5.69 Å². The summed E-state index contributed by atoms with van der Waals surface area (Å²) in [5.74, 6) is 0. The van der Waals surface area contributed by atoms with Crippen molar-refractivity contribution in [3.8, 4) is 11.3 Å². The highest BCUT2D eigenvalue weighted by molar-refractivity contribution is 7.92. The molecule has 2 N–H and O–H groups in total. The fourth-order valence-electron chi connectivity index (χ4n) is 2.04. The number of hydrogen-bond acceptors (Lipinski definition) is 3. The van der Waals surface area contributed by atoms with E-state index in [1.165, 1.54) is 12.1 Å². The van der Waals surface area contributed by atoms with Crippen LogP contribution in [0.4, 0.5) is 5.69 Å². The van der Waals surface area contributed by atoms with Gasteiger partial charge in [0.25, 0.3) is 10.0 Å². The van der Waals surface area contributed by atoms with Gasteiger partial charge in [-0.15, -0.1) is 0 Å². The first-order valence-electron chi connectivity index (χ1n) is 6.42. The molecular weight excluding hydrogens is 322 g/mol. The third-order valence-corrected chi connectivity index (χ3v) is 4.93. The molecule has 0 atom stereocenters. The lowest BCUT2D eigenvalue weighted by atomic mass is 10.1. The van der Waals surface area contributed by atoms with Crippen molar-refractivity contribution in [3.05, 3.63) is 66.1 Å². The second-order valence-corrected chi connectivity index (χ2v) is 6.64. The molecule has 0 spiro atoms. The maximum atomic E-state index is 12.4. The topological polar surface area (TPSA) is 74.8 Å². The molecular formula is C15H12ClN3O2S.